The van der Waals surface area contributed by atoms with E-state index in [0.717, 1.165) is 12.7 Å². The monoisotopic (exact) mass is 541 g/mol. The first-order valence-electron chi connectivity index (χ1n) is 6.67. The summed E-state index contributed by atoms with van der Waals surface area (Å²) in [7, 11) is 0. The van der Waals surface area contributed by atoms with Crippen molar-refractivity contribution in [2.45, 2.75) is 13.8 Å². The molecule has 0 unspecified atom stereocenters. The van der Waals surface area contributed by atoms with Gasteiger partial charge in [0.25, 0.3) is 0 Å². The van der Waals surface area contributed by atoms with Gasteiger partial charge in [0.15, 0.2) is 18.2 Å². The number of halogens is 2. The Morgan fingerprint density at radius 3 is 2.52 bits per heavy atom. The molecule has 0 spiro atoms. The zero-order valence-electron chi connectivity index (χ0n) is 12.4. The van der Waals surface area contributed by atoms with E-state index < -0.39 is 11.9 Å². The Balaban J connectivity index is 2.19. The molecule has 1 heterocycles. The minimum atomic E-state index is -0.463. The summed E-state index contributed by atoms with van der Waals surface area (Å²) >= 11 is 4.22. The minimum absolute atomic E-state index is 0.143. The van der Waals surface area contributed by atoms with Crippen molar-refractivity contribution < 1.29 is 23.8 Å². The van der Waals surface area contributed by atoms with Crippen molar-refractivity contribution in [1.29, 1.82) is 0 Å². The van der Waals surface area contributed by atoms with Gasteiger partial charge in [-0.3, -0.25) is 0 Å². The number of carbonyl (C=O) groups excluding carboxylic acids is 2. The number of hydrogen-bond donors (Lipinski definition) is 0. The molecule has 0 fully saturated rings. The number of ether oxygens (including phenoxy) is 3. The highest BCUT2D eigenvalue weighted by atomic mass is 127. The van der Waals surface area contributed by atoms with E-state index in [1.807, 2.05) is 12.1 Å². The zero-order valence-corrected chi connectivity index (χ0v) is 16.7. The van der Waals surface area contributed by atoms with Gasteiger partial charge in [0.2, 0.25) is 0 Å². The maximum atomic E-state index is 11.6. The lowest BCUT2D eigenvalue weighted by atomic mass is 10.2. The largest absolute Gasteiger partial charge is 0.480 e. The predicted molar refractivity (Wildman–Crippen MR) is 101 cm³/mol. The third-order valence-electron chi connectivity index (χ3n) is 2.69. The molecule has 0 amide bonds. The molecule has 1 aromatic carbocycles. The Morgan fingerprint density at radius 1 is 1.35 bits per heavy atom. The Kier molecular flexibility index (Phi) is 6.39. The van der Waals surface area contributed by atoms with E-state index >= 15 is 0 Å². The van der Waals surface area contributed by atoms with Crippen LogP contribution in [0.15, 0.2) is 22.8 Å². The van der Waals surface area contributed by atoms with E-state index in [4.69, 9.17) is 14.2 Å². The summed E-state index contributed by atoms with van der Waals surface area (Å²) < 4.78 is 16.9. The molecule has 8 heteroatoms. The first kappa shape index (κ1) is 18.2. The topological polar surface area (TPSA) is 74.2 Å². The minimum Gasteiger partial charge on any atom is -0.480 e. The molecule has 6 nitrogen and oxygen atoms in total. The van der Waals surface area contributed by atoms with Gasteiger partial charge in [-0.25, -0.2) is 14.6 Å². The number of hydrogen-bond acceptors (Lipinski definition) is 6. The van der Waals surface area contributed by atoms with Crippen LogP contribution >= 0.6 is 45.2 Å². The lowest BCUT2D eigenvalue weighted by Crippen LogP contribution is -2.15. The third-order valence-corrected chi connectivity index (χ3v) is 4.29. The fraction of sp³-hybridized carbons (Fsp3) is 0.267. The average Bonchev–Trinajstić information content (AvgIpc) is 2.76. The second kappa shape index (κ2) is 8.08. The molecule has 0 aliphatic carbocycles. The molecule has 1 aliphatic heterocycles. The molecule has 1 aromatic rings. The number of benzene rings is 1. The lowest BCUT2D eigenvalue weighted by molar-refractivity contribution is -0.145. The molecule has 23 heavy (non-hydrogen) atoms. The van der Waals surface area contributed by atoms with Crippen molar-refractivity contribution in [3.8, 4) is 5.75 Å². The first-order chi connectivity index (χ1) is 10.9. The van der Waals surface area contributed by atoms with E-state index in [0.29, 0.717) is 18.3 Å². The van der Waals surface area contributed by atoms with E-state index in [-0.39, 0.29) is 12.3 Å². The van der Waals surface area contributed by atoms with E-state index in [1.165, 1.54) is 0 Å². The molecular weight excluding hydrogens is 528 g/mol. The Bertz CT molecular complexity index is 689. The second-order valence-electron chi connectivity index (χ2n) is 4.46. The molecule has 0 atom stereocenters. The highest BCUT2D eigenvalue weighted by Crippen LogP contribution is 2.30. The molecule has 0 aromatic heterocycles. The summed E-state index contributed by atoms with van der Waals surface area (Å²) in [6, 6.07) is 3.68. The van der Waals surface area contributed by atoms with Crippen LogP contribution in [0.3, 0.4) is 0 Å². The van der Waals surface area contributed by atoms with Gasteiger partial charge in [0.05, 0.1) is 13.7 Å². The SMILES string of the molecule is CCOC(=O)COc1c(I)cc(/C=C2\N=C(C)OC2=O)cc1I. The predicted octanol–water partition coefficient (Wildman–Crippen LogP) is 3.15. The normalized spacial score (nSPS) is 15.4. The van der Waals surface area contributed by atoms with Gasteiger partial charge < -0.3 is 14.2 Å². The van der Waals surface area contributed by atoms with Gasteiger partial charge in [-0.2, -0.15) is 0 Å². The molecular formula is C15H13I2NO5. The summed E-state index contributed by atoms with van der Waals surface area (Å²) in [5.74, 6) is 0.0640. The van der Waals surface area contributed by atoms with Gasteiger partial charge in [-0.1, -0.05) is 0 Å². The number of aliphatic imine (C=N–C) groups is 1. The maximum absolute atomic E-state index is 11.6. The standard InChI is InChI=1S/C15H13I2NO5/c1-3-21-13(19)7-22-14-10(16)4-9(5-11(14)17)6-12-15(20)23-8(2)18-12/h4-6H,3,7H2,1-2H3/b12-6-. The molecule has 0 saturated heterocycles. The number of cyclic esters (lactones) is 1. The summed E-state index contributed by atoms with van der Waals surface area (Å²) in [6.07, 6.45) is 1.65. The second-order valence-corrected chi connectivity index (χ2v) is 6.78. The van der Waals surface area contributed by atoms with Crippen molar-refractivity contribution >= 4 is 69.1 Å². The Labute approximate surface area is 160 Å². The van der Waals surface area contributed by atoms with Gasteiger partial charge in [0.1, 0.15) is 5.75 Å². The molecule has 0 radical (unpaired) electrons. The van der Waals surface area contributed by atoms with Crippen LogP contribution < -0.4 is 4.74 Å². The van der Waals surface area contributed by atoms with Crippen molar-refractivity contribution in [3.05, 3.63) is 30.5 Å². The molecule has 2 rings (SSSR count). The molecule has 1 aliphatic rings. The number of nitrogens with zero attached hydrogens (tertiary/aromatic N) is 1. The Hall–Kier alpha value is -1.17. The maximum Gasteiger partial charge on any atom is 0.363 e. The summed E-state index contributed by atoms with van der Waals surface area (Å²) in [6.45, 7) is 3.54. The van der Waals surface area contributed by atoms with Gasteiger partial charge in [0, 0.05) is 6.92 Å². The lowest BCUT2D eigenvalue weighted by Gasteiger charge is -2.11. The first-order valence-corrected chi connectivity index (χ1v) is 8.83. The van der Waals surface area contributed by atoms with Gasteiger partial charge in [-0.15, -0.1) is 0 Å². The summed E-state index contributed by atoms with van der Waals surface area (Å²) in [5, 5.41) is 0. The number of carbonyl (C=O) groups is 2. The molecule has 0 bridgehead atoms. The zero-order chi connectivity index (χ0) is 17.0. The molecule has 0 saturated carbocycles. The quantitative estimate of drug-likeness (QED) is 0.326. The van der Waals surface area contributed by atoms with Crippen molar-refractivity contribution in [1.82, 2.24) is 0 Å². The van der Waals surface area contributed by atoms with Crippen LogP contribution in [-0.4, -0.2) is 31.1 Å². The van der Waals surface area contributed by atoms with E-state index in [9.17, 15) is 9.59 Å². The van der Waals surface area contributed by atoms with Crippen LogP contribution in [0.1, 0.15) is 19.4 Å². The number of esters is 2. The van der Waals surface area contributed by atoms with E-state index in [2.05, 4.69) is 50.2 Å². The van der Waals surface area contributed by atoms with E-state index in [1.54, 1.807) is 19.9 Å². The van der Waals surface area contributed by atoms with Crippen LogP contribution in [0.2, 0.25) is 0 Å². The van der Waals surface area contributed by atoms with Crippen molar-refractivity contribution in [3.63, 3.8) is 0 Å². The Morgan fingerprint density at radius 2 is 2.00 bits per heavy atom. The van der Waals surface area contributed by atoms with Gasteiger partial charge >= 0.3 is 11.9 Å². The van der Waals surface area contributed by atoms with Gasteiger partial charge in [-0.05, 0) is 75.9 Å². The number of rotatable bonds is 5. The third kappa shape index (κ3) is 4.90. The molecule has 0 N–H and O–H groups in total. The average molecular weight is 541 g/mol. The highest BCUT2D eigenvalue weighted by Gasteiger charge is 2.20. The van der Waals surface area contributed by atoms with Crippen LogP contribution in [0.4, 0.5) is 0 Å². The van der Waals surface area contributed by atoms with Crippen LogP contribution in [-0.2, 0) is 19.1 Å². The fourth-order valence-electron chi connectivity index (χ4n) is 1.81. The van der Waals surface area contributed by atoms with Crippen molar-refractivity contribution in [2.75, 3.05) is 13.2 Å². The smallest absolute Gasteiger partial charge is 0.363 e. The molecule has 122 valence electrons. The highest BCUT2D eigenvalue weighted by molar-refractivity contribution is 14.1. The summed E-state index contributed by atoms with van der Waals surface area (Å²) in [4.78, 5) is 27.0. The fourth-order valence-corrected chi connectivity index (χ4v) is 3.94. The van der Waals surface area contributed by atoms with Crippen molar-refractivity contribution in [2.24, 2.45) is 4.99 Å². The summed E-state index contributed by atoms with van der Waals surface area (Å²) in [5.41, 5.74) is 1.06. The van der Waals surface area contributed by atoms with Crippen LogP contribution in [0.25, 0.3) is 6.08 Å². The van der Waals surface area contributed by atoms with Crippen LogP contribution in [0, 0.1) is 7.14 Å². The van der Waals surface area contributed by atoms with Crippen LogP contribution in [0.5, 0.6) is 5.75 Å².